The van der Waals surface area contributed by atoms with Gasteiger partial charge in [-0.05, 0) is 18.6 Å². The number of nitrogens with zero attached hydrogens (tertiary/aromatic N) is 3. The molecule has 0 aliphatic carbocycles. The Kier molecular flexibility index (Phi) is 2.24. The minimum absolute atomic E-state index is 0.950. The molecular weight excluding hydrogens is 246 g/mol. The Balaban J connectivity index is 2.30. The van der Waals surface area contributed by atoms with Crippen LogP contribution in [0.25, 0.3) is 27.8 Å². The van der Waals surface area contributed by atoms with Crippen molar-refractivity contribution >= 4 is 21.8 Å². The summed E-state index contributed by atoms with van der Waals surface area (Å²) in [6, 6.07) is 15.0. The molecule has 4 rings (SSSR count). The van der Waals surface area contributed by atoms with Gasteiger partial charge in [-0.1, -0.05) is 36.4 Å². The fraction of sp³-hybridized carbons (Fsp3) is 0.118. The van der Waals surface area contributed by atoms with Gasteiger partial charge in [-0.15, -0.1) is 0 Å². The van der Waals surface area contributed by atoms with E-state index in [9.17, 15) is 0 Å². The quantitative estimate of drug-likeness (QED) is 0.510. The number of para-hydroxylation sites is 2. The van der Waals surface area contributed by atoms with Crippen molar-refractivity contribution in [1.29, 1.82) is 0 Å². The summed E-state index contributed by atoms with van der Waals surface area (Å²) < 4.78 is 4.30. The topological polar surface area (TPSA) is 22.8 Å². The number of benzene rings is 2. The van der Waals surface area contributed by atoms with Crippen molar-refractivity contribution in [3.63, 3.8) is 0 Å². The molecule has 0 N–H and O–H groups in total. The van der Waals surface area contributed by atoms with E-state index in [0.717, 1.165) is 5.95 Å². The van der Waals surface area contributed by atoms with Crippen molar-refractivity contribution in [2.24, 2.45) is 7.05 Å². The average Bonchev–Trinajstić information content (AvgIpc) is 3.01. The average molecular weight is 261 g/mol. The molecule has 2 heterocycles. The molecule has 3 heteroatoms. The molecule has 0 aliphatic heterocycles. The summed E-state index contributed by atoms with van der Waals surface area (Å²) in [4.78, 5) is 4.53. The normalized spacial score (nSPS) is 11.5. The van der Waals surface area contributed by atoms with E-state index in [1.165, 1.54) is 27.4 Å². The molecule has 0 amide bonds. The molecule has 0 aliphatic rings. The van der Waals surface area contributed by atoms with E-state index in [2.05, 4.69) is 63.5 Å². The largest absolute Gasteiger partial charge is 0.320 e. The number of fused-ring (bicyclic) bond motifs is 3. The molecular formula is C17H15N3. The molecule has 0 unspecified atom stereocenters. The minimum Gasteiger partial charge on any atom is -0.320 e. The predicted octanol–water partition coefficient (Wildman–Crippen LogP) is 3.83. The van der Waals surface area contributed by atoms with Crippen LogP contribution in [0, 0.1) is 6.92 Å². The molecule has 0 fully saturated rings. The van der Waals surface area contributed by atoms with Crippen molar-refractivity contribution in [2.75, 3.05) is 0 Å². The van der Waals surface area contributed by atoms with E-state index in [1.807, 2.05) is 19.4 Å². The maximum atomic E-state index is 4.53. The Morgan fingerprint density at radius 2 is 1.75 bits per heavy atom. The van der Waals surface area contributed by atoms with E-state index >= 15 is 0 Å². The first-order chi connectivity index (χ1) is 9.77. The third-order valence-corrected chi connectivity index (χ3v) is 3.89. The number of hydrogen-bond acceptors (Lipinski definition) is 1. The van der Waals surface area contributed by atoms with Crippen molar-refractivity contribution in [1.82, 2.24) is 14.1 Å². The second-order valence-corrected chi connectivity index (χ2v) is 5.16. The number of aryl methyl sites for hydroxylation is 2. The van der Waals surface area contributed by atoms with Crippen LogP contribution in [0.3, 0.4) is 0 Å². The van der Waals surface area contributed by atoms with Gasteiger partial charge in [0.2, 0.25) is 5.95 Å². The first-order valence-corrected chi connectivity index (χ1v) is 6.74. The number of imidazole rings is 1. The smallest absolute Gasteiger partial charge is 0.214 e. The maximum Gasteiger partial charge on any atom is 0.214 e. The first-order valence-electron chi connectivity index (χ1n) is 6.74. The minimum atomic E-state index is 0.950. The van der Waals surface area contributed by atoms with Gasteiger partial charge in [0.25, 0.3) is 0 Å². The molecule has 3 nitrogen and oxygen atoms in total. The van der Waals surface area contributed by atoms with Crippen LogP contribution in [0.1, 0.15) is 5.56 Å². The molecule has 0 saturated carbocycles. The van der Waals surface area contributed by atoms with E-state index in [4.69, 9.17) is 0 Å². The Labute approximate surface area is 117 Å². The predicted molar refractivity (Wildman–Crippen MR) is 82.3 cm³/mol. The lowest BCUT2D eigenvalue weighted by Crippen LogP contribution is -2.03. The summed E-state index contributed by atoms with van der Waals surface area (Å²) in [5.74, 6) is 0.950. The van der Waals surface area contributed by atoms with Gasteiger partial charge >= 0.3 is 0 Å². The zero-order valence-electron chi connectivity index (χ0n) is 11.5. The van der Waals surface area contributed by atoms with Crippen LogP contribution >= 0.6 is 0 Å². The molecule has 98 valence electrons. The van der Waals surface area contributed by atoms with Crippen LogP contribution in [0.5, 0.6) is 0 Å². The number of rotatable bonds is 1. The standard InChI is InChI=1S/C17H15N3/c1-12-6-5-8-14-13-7-3-4-9-15(13)20(16(12)14)17-18-10-11-19(17)2/h3-11H,1-2H3. The van der Waals surface area contributed by atoms with Crippen molar-refractivity contribution in [3.05, 3.63) is 60.4 Å². The van der Waals surface area contributed by atoms with Gasteiger partial charge in [-0.3, -0.25) is 4.57 Å². The van der Waals surface area contributed by atoms with Gasteiger partial charge in [0, 0.05) is 30.2 Å². The van der Waals surface area contributed by atoms with E-state index in [-0.39, 0.29) is 0 Å². The molecule has 0 atom stereocenters. The Hall–Kier alpha value is -2.55. The van der Waals surface area contributed by atoms with E-state index in [0.29, 0.717) is 0 Å². The molecule has 2 aromatic heterocycles. The van der Waals surface area contributed by atoms with Crippen LogP contribution < -0.4 is 0 Å². The monoisotopic (exact) mass is 261 g/mol. The highest BCUT2D eigenvalue weighted by Crippen LogP contribution is 2.32. The van der Waals surface area contributed by atoms with Crippen LogP contribution in [0.15, 0.2) is 54.9 Å². The van der Waals surface area contributed by atoms with Gasteiger partial charge in [0.1, 0.15) is 0 Å². The number of aromatic nitrogens is 3. The highest BCUT2D eigenvalue weighted by atomic mass is 15.2. The molecule has 20 heavy (non-hydrogen) atoms. The highest BCUT2D eigenvalue weighted by molar-refractivity contribution is 6.09. The fourth-order valence-electron chi connectivity index (χ4n) is 2.97. The Morgan fingerprint density at radius 1 is 0.950 bits per heavy atom. The lowest BCUT2D eigenvalue weighted by atomic mass is 10.1. The first kappa shape index (κ1) is 11.3. The van der Waals surface area contributed by atoms with Gasteiger partial charge in [0.05, 0.1) is 11.0 Å². The Morgan fingerprint density at radius 3 is 2.55 bits per heavy atom. The lowest BCUT2D eigenvalue weighted by Gasteiger charge is -2.08. The molecule has 0 saturated heterocycles. The summed E-state index contributed by atoms with van der Waals surface area (Å²) in [5, 5.41) is 2.55. The van der Waals surface area contributed by atoms with Gasteiger partial charge in [-0.25, -0.2) is 4.98 Å². The molecule has 0 radical (unpaired) electrons. The summed E-state index contributed by atoms with van der Waals surface area (Å²) >= 11 is 0. The van der Waals surface area contributed by atoms with Gasteiger partial charge in [-0.2, -0.15) is 0 Å². The second kappa shape index (κ2) is 3.97. The van der Waals surface area contributed by atoms with Gasteiger partial charge < -0.3 is 4.57 Å². The van der Waals surface area contributed by atoms with Crippen LogP contribution in [0.2, 0.25) is 0 Å². The van der Waals surface area contributed by atoms with Crippen LogP contribution in [0.4, 0.5) is 0 Å². The zero-order chi connectivity index (χ0) is 13.7. The SMILES string of the molecule is Cc1cccc2c3ccccc3n(-c3nccn3C)c12. The fourth-order valence-corrected chi connectivity index (χ4v) is 2.97. The number of hydrogen-bond donors (Lipinski definition) is 0. The van der Waals surface area contributed by atoms with Crippen molar-refractivity contribution < 1.29 is 0 Å². The lowest BCUT2D eigenvalue weighted by molar-refractivity contribution is 0.846. The van der Waals surface area contributed by atoms with Crippen molar-refractivity contribution in [3.8, 4) is 5.95 Å². The second-order valence-electron chi connectivity index (χ2n) is 5.16. The third kappa shape index (κ3) is 1.37. The maximum absolute atomic E-state index is 4.53. The molecule has 4 aromatic rings. The Bertz CT molecular complexity index is 928. The molecule has 0 bridgehead atoms. The van der Waals surface area contributed by atoms with Crippen LogP contribution in [-0.2, 0) is 7.05 Å². The third-order valence-electron chi connectivity index (χ3n) is 3.89. The highest BCUT2D eigenvalue weighted by Gasteiger charge is 2.15. The van der Waals surface area contributed by atoms with Crippen molar-refractivity contribution in [2.45, 2.75) is 6.92 Å². The zero-order valence-corrected chi connectivity index (χ0v) is 11.5. The molecule has 0 spiro atoms. The summed E-state index contributed by atoms with van der Waals surface area (Å²) in [7, 11) is 2.03. The van der Waals surface area contributed by atoms with Gasteiger partial charge in [0.15, 0.2) is 0 Å². The van der Waals surface area contributed by atoms with E-state index in [1.54, 1.807) is 0 Å². The molecule has 2 aromatic carbocycles. The van der Waals surface area contributed by atoms with E-state index < -0.39 is 0 Å². The summed E-state index contributed by atoms with van der Waals surface area (Å²) in [6.45, 7) is 2.15. The summed E-state index contributed by atoms with van der Waals surface area (Å²) in [6.07, 6.45) is 3.82. The summed E-state index contributed by atoms with van der Waals surface area (Å²) in [5.41, 5.74) is 3.70. The van der Waals surface area contributed by atoms with Crippen LogP contribution in [-0.4, -0.2) is 14.1 Å².